The summed E-state index contributed by atoms with van der Waals surface area (Å²) in [7, 11) is 0. The van der Waals surface area contributed by atoms with E-state index >= 15 is 0 Å². The van der Waals surface area contributed by atoms with Crippen molar-refractivity contribution in [3.8, 4) is 0 Å². The van der Waals surface area contributed by atoms with E-state index in [0.717, 1.165) is 30.2 Å². The minimum absolute atomic E-state index is 0.544. The highest BCUT2D eigenvalue weighted by atomic mass is 15.1. The second-order valence-corrected chi connectivity index (χ2v) is 6.04. The van der Waals surface area contributed by atoms with Gasteiger partial charge in [0.25, 0.3) is 0 Å². The summed E-state index contributed by atoms with van der Waals surface area (Å²) in [4.78, 5) is 11.6. The van der Waals surface area contributed by atoms with Crippen molar-refractivity contribution >= 4 is 11.6 Å². The molecule has 2 heterocycles. The molecule has 1 aromatic heterocycles. The largest absolute Gasteiger partial charge is 0.383 e. The number of likely N-dealkylation sites (tertiary alicyclic amines) is 1. The number of nitrogens with one attached hydrogen (secondary N) is 1. The van der Waals surface area contributed by atoms with E-state index in [2.05, 4.69) is 20.2 Å². The number of nitrogens with zero attached hydrogens (tertiary/aromatic N) is 3. The fraction of sp³-hybridized carbons (Fsp3) is 0.733. The monoisotopic (exact) mass is 275 g/mol. The highest BCUT2D eigenvalue weighted by Crippen LogP contribution is 2.39. The lowest BCUT2D eigenvalue weighted by atomic mass is 10.2. The topological polar surface area (TPSA) is 67.1 Å². The first kappa shape index (κ1) is 13.6. The van der Waals surface area contributed by atoms with Crippen LogP contribution in [0.3, 0.4) is 0 Å². The van der Waals surface area contributed by atoms with Crippen molar-refractivity contribution in [2.24, 2.45) is 0 Å². The standard InChI is InChI=1S/C15H25N5/c1-11-13(16)18-15(12-5-6-12)19-14(11)17-7-4-10-20-8-2-3-9-20/h12H,2-10H2,1H3,(H3,16,17,18,19). The summed E-state index contributed by atoms with van der Waals surface area (Å²) in [5.74, 6) is 3.03. The van der Waals surface area contributed by atoms with Gasteiger partial charge in [0.15, 0.2) is 0 Å². The van der Waals surface area contributed by atoms with Gasteiger partial charge in [-0.2, -0.15) is 0 Å². The van der Waals surface area contributed by atoms with Crippen LogP contribution in [-0.4, -0.2) is 41.0 Å². The summed E-state index contributed by atoms with van der Waals surface area (Å²) in [6.07, 6.45) is 6.29. The van der Waals surface area contributed by atoms with Crippen molar-refractivity contribution in [3.63, 3.8) is 0 Å². The number of aromatic nitrogens is 2. The Morgan fingerprint density at radius 1 is 1.25 bits per heavy atom. The van der Waals surface area contributed by atoms with Crippen molar-refractivity contribution in [2.75, 3.05) is 37.2 Å². The van der Waals surface area contributed by atoms with E-state index in [-0.39, 0.29) is 0 Å². The quantitative estimate of drug-likeness (QED) is 0.779. The molecule has 5 heteroatoms. The Labute approximate surface area is 121 Å². The molecule has 1 aliphatic carbocycles. The summed E-state index contributed by atoms with van der Waals surface area (Å²) in [5.41, 5.74) is 6.97. The van der Waals surface area contributed by atoms with E-state index in [1.807, 2.05) is 6.92 Å². The SMILES string of the molecule is Cc1c(N)nc(C2CC2)nc1NCCCN1CCCC1. The van der Waals surface area contributed by atoms with Gasteiger partial charge >= 0.3 is 0 Å². The Morgan fingerprint density at radius 2 is 2.00 bits per heavy atom. The number of hydrogen-bond acceptors (Lipinski definition) is 5. The van der Waals surface area contributed by atoms with Crippen LogP contribution in [0.1, 0.15) is 49.4 Å². The van der Waals surface area contributed by atoms with E-state index in [4.69, 9.17) is 5.73 Å². The highest BCUT2D eigenvalue weighted by Gasteiger charge is 2.27. The lowest BCUT2D eigenvalue weighted by molar-refractivity contribution is 0.337. The van der Waals surface area contributed by atoms with Gasteiger partial charge in [0.05, 0.1) is 0 Å². The second-order valence-electron chi connectivity index (χ2n) is 6.04. The number of nitrogen functional groups attached to an aromatic ring is 1. The maximum Gasteiger partial charge on any atom is 0.136 e. The highest BCUT2D eigenvalue weighted by molar-refractivity contribution is 5.55. The van der Waals surface area contributed by atoms with Gasteiger partial charge < -0.3 is 16.0 Å². The normalized spacial score (nSPS) is 19.4. The van der Waals surface area contributed by atoms with Crippen molar-refractivity contribution in [1.29, 1.82) is 0 Å². The summed E-state index contributed by atoms with van der Waals surface area (Å²) >= 11 is 0. The zero-order chi connectivity index (χ0) is 13.9. The number of hydrogen-bond donors (Lipinski definition) is 2. The first-order chi connectivity index (χ1) is 9.74. The lowest BCUT2D eigenvalue weighted by Gasteiger charge is -2.15. The van der Waals surface area contributed by atoms with Crippen LogP contribution in [0.25, 0.3) is 0 Å². The van der Waals surface area contributed by atoms with Crippen LogP contribution in [0.15, 0.2) is 0 Å². The summed E-state index contributed by atoms with van der Waals surface area (Å²) in [6.45, 7) is 6.67. The average Bonchev–Trinajstić information content (AvgIpc) is 3.16. The molecule has 2 fully saturated rings. The van der Waals surface area contributed by atoms with Gasteiger partial charge in [0, 0.05) is 18.0 Å². The van der Waals surface area contributed by atoms with Gasteiger partial charge in [-0.05, 0) is 58.7 Å². The van der Waals surface area contributed by atoms with Crippen molar-refractivity contribution in [3.05, 3.63) is 11.4 Å². The Kier molecular flexibility index (Phi) is 4.05. The number of anilines is 2. The van der Waals surface area contributed by atoms with Crippen LogP contribution in [0.5, 0.6) is 0 Å². The number of rotatable bonds is 6. The van der Waals surface area contributed by atoms with Crippen LogP contribution >= 0.6 is 0 Å². The maximum absolute atomic E-state index is 5.99. The predicted molar refractivity (Wildman–Crippen MR) is 81.9 cm³/mol. The van der Waals surface area contributed by atoms with E-state index in [1.54, 1.807) is 0 Å². The second kappa shape index (κ2) is 5.95. The van der Waals surface area contributed by atoms with Crippen molar-refractivity contribution < 1.29 is 0 Å². The fourth-order valence-electron chi connectivity index (χ4n) is 2.76. The van der Waals surface area contributed by atoms with Crippen molar-refractivity contribution in [1.82, 2.24) is 14.9 Å². The molecule has 1 aromatic rings. The van der Waals surface area contributed by atoms with E-state index in [0.29, 0.717) is 11.7 Å². The number of nitrogens with two attached hydrogens (primary N) is 1. The van der Waals surface area contributed by atoms with Crippen LogP contribution in [0.2, 0.25) is 0 Å². The zero-order valence-corrected chi connectivity index (χ0v) is 12.4. The van der Waals surface area contributed by atoms with Gasteiger partial charge in [0.2, 0.25) is 0 Å². The third kappa shape index (κ3) is 3.20. The Balaban J connectivity index is 1.53. The molecule has 3 N–H and O–H groups in total. The molecule has 1 aliphatic heterocycles. The third-order valence-electron chi connectivity index (χ3n) is 4.29. The summed E-state index contributed by atoms with van der Waals surface area (Å²) in [6, 6.07) is 0. The fourth-order valence-corrected chi connectivity index (χ4v) is 2.76. The minimum atomic E-state index is 0.544. The van der Waals surface area contributed by atoms with Crippen LogP contribution in [-0.2, 0) is 0 Å². The minimum Gasteiger partial charge on any atom is -0.383 e. The lowest BCUT2D eigenvalue weighted by Crippen LogP contribution is -2.22. The smallest absolute Gasteiger partial charge is 0.136 e. The first-order valence-corrected chi connectivity index (χ1v) is 7.84. The summed E-state index contributed by atoms with van der Waals surface area (Å²) in [5, 5.41) is 3.44. The summed E-state index contributed by atoms with van der Waals surface area (Å²) < 4.78 is 0. The molecule has 5 nitrogen and oxygen atoms in total. The molecule has 1 saturated heterocycles. The van der Waals surface area contributed by atoms with Gasteiger partial charge in [-0.3, -0.25) is 0 Å². The molecule has 0 atom stereocenters. The molecule has 0 radical (unpaired) electrons. The van der Waals surface area contributed by atoms with Gasteiger partial charge in [-0.25, -0.2) is 9.97 Å². The van der Waals surface area contributed by atoms with Crippen LogP contribution in [0, 0.1) is 6.92 Å². The Hall–Kier alpha value is -1.36. The van der Waals surface area contributed by atoms with Gasteiger partial charge in [-0.1, -0.05) is 0 Å². The van der Waals surface area contributed by atoms with E-state index in [9.17, 15) is 0 Å². The molecule has 20 heavy (non-hydrogen) atoms. The molecule has 3 rings (SSSR count). The molecule has 0 bridgehead atoms. The molecule has 0 amide bonds. The van der Waals surface area contributed by atoms with Gasteiger partial charge in [0.1, 0.15) is 17.5 Å². The molecule has 0 spiro atoms. The van der Waals surface area contributed by atoms with Crippen LogP contribution in [0.4, 0.5) is 11.6 Å². The molecule has 1 saturated carbocycles. The molecular weight excluding hydrogens is 250 g/mol. The van der Waals surface area contributed by atoms with E-state index in [1.165, 1.54) is 45.3 Å². The first-order valence-electron chi connectivity index (χ1n) is 7.84. The van der Waals surface area contributed by atoms with Gasteiger partial charge in [-0.15, -0.1) is 0 Å². The Bertz CT molecular complexity index is 464. The van der Waals surface area contributed by atoms with Crippen molar-refractivity contribution in [2.45, 2.75) is 44.9 Å². The van der Waals surface area contributed by atoms with E-state index < -0.39 is 0 Å². The van der Waals surface area contributed by atoms with Crippen LogP contribution < -0.4 is 11.1 Å². The molecular formula is C15H25N5. The molecule has 0 unspecified atom stereocenters. The molecule has 110 valence electrons. The maximum atomic E-state index is 5.99. The molecule has 0 aromatic carbocycles. The average molecular weight is 275 g/mol. The zero-order valence-electron chi connectivity index (χ0n) is 12.4. The third-order valence-corrected chi connectivity index (χ3v) is 4.29. The molecule has 2 aliphatic rings. The Morgan fingerprint density at radius 3 is 2.70 bits per heavy atom. The predicted octanol–water partition coefficient (Wildman–Crippen LogP) is 2.14.